The third-order valence-corrected chi connectivity index (χ3v) is 2.37. The Hall–Kier alpha value is -1.83. The summed E-state index contributed by atoms with van der Waals surface area (Å²) in [5.41, 5.74) is -1.16. The lowest BCUT2D eigenvalue weighted by Crippen LogP contribution is -2.10. The van der Waals surface area contributed by atoms with E-state index in [0.717, 1.165) is 13.2 Å². The molecule has 0 aliphatic rings. The number of hydrogen-bond acceptors (Lipinski definition) is 5. The Kier molecular flexibility index (Phi) is 4.49. The van der Waals surface area contributed by atoms with Gasteiger partial charge in [0.05, 0.1) is 24.6 Å². The maximum atomic E-state index is 12.7. The molecule has 0 aliphatic carbocycles. The van der Waals surface area contributed by atoms with Gasteiger partial charge in [0.25, 0.3) is 0 Å². The smallest absolute Gasteiger partial charge is 0.365 e. The highest BCUT2D eigenvalue weighted by Crippen LogP contribution is 2.30. The summed E-state index contributed by atoms with van der Waals surface area (Å²) in [6.07, 6.45) is -3.61. The van der Waals surface area contributed by atoms with Gasteiger partial charge < -0.3 is 14.9 Å². The summed E-state index contributed by atoms with van der Waals surface area (Å²) in [6, 6.07) is 0.811. The largest absolute Gasteiger partial charge is 0.469 e. The molecular formula is C9H7ClF2N2O4. The van der Waals surface area contributed by atoms with E-state index in [1.807, 2.05) is 0 Å². The molecule has 1 aromatic rings. The van der Waals surface area contributed by atoms with Crippen molar-refractivity contribution in [2.45, 2.75) is 12.8 Å². The molecule has 0 unspecified atom stereocenters. The van der Waals surface area contributed by atoms with Crippen LogP contribution in [0.2, 0.25) is 5.02 Å². The lowest BCUT2D eigenvalue weighted by Gasteiger charge is -2.06. The lowest BCUT2D eigenvalue weighted by atomic mass is 10.1. The van der Waals surface area contributed by atoms with Gasteiger partial charge >= 0.3 is 18.2 Å². The monoisotopic (exact) mass is 280 g/mol. The van der Waals surface area contributed by atoms with E-state index in [0.29, 0.717) is 0 Å². The molecule has 0 fully saturated rings. The number of hydrogen-bond donors (Lipinski definition) is 0. The molecule has 1 rings (SSSR count). The number of carbonyl (C=O) groups excluding carboxylic acids is 1. The number of methoxy groups -OCH3 is 1. The van der Waals surface area contributed by atoms with Gasteiger partial charge in [-0.2, -0.15) is 0 Å². The van der Waals surface area contributed by atoms with Crippen molar-refractivity contribution in [1.29, 1.82) is 0 Å². The Bertz CT molecular complexity index is 496. The first-order valence-corrected chi connectivity index (χ1v) is 4.93. The summed E-state index contributed by atoms with van der Waals surface area (Å²) < 4.78 is 29.7. The van der Waals surface area contributed by atoms with E-state index in [4.69, 9.17) is 11.6 Å². The van der Waals surface area contributed by atoms with Crippen LogP contribution in [0.1, 0.15) is 17.7 Å². The van der Waals surface area contributed by atoms with Crippen molar-refractivity contribution < 1.29 is 23.2 Å². The third kappa shape index (κ3) is 3.10. The van der Waals surface area contributed by atoms with Gasteiger partial charge in [-0.25, -0.2) is 8.78 Å². The van der Waals surface area contributed by atoms with E-state index < -0.39 is 35.3 Å². The SMILES string of the molecule is COC(=O)Cc1c(Cl)cc([N+](=O)[O-])nc1C(F)F. The summed E-state index contributed by atoms with van der Waals surface area (Å²) >= 11 is 5.64. The lowest BCUT2D eigenvalue weighted by molar-refractivity contribution is -0.389. The molecule has 1 aromatic heterocycles. The van der Waals surface area contributed by atoms with Crippen LogP contribution >= 0.6 is 11.6 Å². The number of nitro groups is 1. The van der Waals surface area contributed by atoms with Crippen molar-refractivity contribution in [1.82, 2.24) is 4.98 Å². The second kappa shape index (κ2) is 5.67. The van der Waals surface area contributed by atoms with Crippen molar-refractivity contribution in [2.75, 3.05) is 7.11 Å². The Morgan fingerprint density at radius 1 is 1.67 bits per heavy atom. The Morgan fingerprint density at radius 3 is 2.72 bits per heavy atom. The number of esters is 1. The van der Waals surface area contributed by atoms with Crippen LogP contribution in [0.25, 0.3) is 0 Å². The van der Waals surface area contributed by atoms with Gasteiger partial charge in [0.2, 0.25) is 5.69 Å². The number of alkyl halides is 2. The van der Waals surface area contributed by atoms with E-state index in [1.165, 1.54) is 0 Å². The Labute approximate surface area is 105 Å². The molecule has 0 radical (unpaired) electrons. The highest BCUT2D eigenvalue weighted by molar-refractivity contribution is 6.31. The predicted molar refractivity (Wildman–Crippen MR) is 56.6 cm³/mol. The molecule has 0 spiro atoms. The van der Waals surface area contributed by atoms with Crippen molar-refractivity contribution in [3.8, 4) is 0 Å². The highest BCUT2D eigenvalue weighted by Gasteiger charge is 2.28. The van der Waals surface area contributed by atoms with Crippen LogP contribution in [0, 0.1) is 10.1 Å². The van der Waals surface area contributed by atoms with Gasteiger partial charge in [0.15, 0.2) is 0 Å². The van der Waals surface area contributed by atoms with Crippen LogP contribution in [0.4, 0.5) is 14.6 Å². The second-order valence-electron chi connectivity index (χ2n) is 3.14. The van der Waals surface area contributed by atoms with E-state index in [2.05, 4.69) is 9.72 Å². The summed E-state index contributed by atoms with van der Waals surface area (Å²) in [5, 5.41) is 10.1. The zero-order chi connectivity index (χ0) is 13.9. The Morgan fingerprint density at radius 2 is 2.28 bits per heavy atom. The summed E-state index contributed by atoms with van der Waals surface area (Å²) in [4.78, 5) is 23.7. The van der Waals surface area contributed by atoms with Crippen molar-refractivity contribution >= 4 is 23.4 Å². The van der Waals surface area contributed by atoms with Crippen LogP contribution in [0.15, 0.2) is 6.07 Å². The second-order valence-corrected chi connectivity index (χ2v) is 3.54. The highest BCUT2D eigenvalue weighted by atomic mass is 35.5. The quantitative estimate of drug-likeness (QED) is 0.480. The number of pyridine rings is 1. The van der Waals surface area contributed by atoms with Crippen molar-refractivity contribution in [2.24, 2.45) is 0 Å². The fraction of sp³-hybridized carbons (Fsp3) is 0.333. The van der Waals surface area contributed by atoms with E-state index >= 15 is 0 Å². The fourth-order valence-electron chi connectivity index (χ4n) is 1.21. The maximum absolute atomic E-state index is 12.7. The zero-order valence-electron chi connectivity index (χ0n) is 9.02. The van der Waals surface area contributed by atoms with Gasteiger partial charge in [-0.15, -0.1) is 0 Å². The van der Waals surface area contributed by atoms with Gasteiger partial charge in [-0.3, -0.25) is 4.79 Å². The zero-order valence-corrected chi connectivity index (χ0v) is 9.78. The van der Waals surface area contributed by atoms with Crippen LogP contribution in [-0.2, 0) is 16.0 Å². The first-order chi connectivity index (χ1) is 8.36. The topological polar surface area (TPSA) is 82.3 Å². The molecule has 0 bridgehead atoms. The maximum Gasteiger partial charge on any atom is 0.365 e. The van der Waals surface area contributed by atoms with Crippen LogP contribution in [0.3, 0.4) is 0 Å². The molecule has 0 N–H and O–H groups in total. The number of nitrogens with zero attached hydrogens (tertiary/aromatic N) is 2. The van der Waals surface area contributed by atoms with Gasteiger partial charge in [0, 0.05) is 5.56 Å². The average Bonchev–Trinajstić information content (AvgIpc) is 2.30. The third-order valence-electron chi connectivity index (χ3n) is 2.03. The van der Waals surface area contributed by atoms with Gasteiger partial charge in [-0.05, 0) is 9.91 Å². The summed E-state index contributed by atoms with van der Waals surface area (Å²) in [7, 11) is 1.08. The minimum atomic E-state index is -3.08. The molecule has 1 heterocycles. The number of halogens is 3. The minimum Gasteiger partial charge on any atom is -0.469 e. The standard InChI is InChI=1S/C9H7ClF2N2O4/c1-18-7(15)2-4-5(10)3-6(14(16)17)13-8(4)9(11)12/h3,9H,2H2,1H3. The molecule has 18 heavy (non-hydrogen) atoms. The van der Waals surface area contributed by atoms with Crippen LogP contribution in [0.5, 0.6) is 0 Å². The first kappa shape index (κ1) is 14.2. The molecule has 0 saturated heterocycles. The van der Waals surface area contributed by atoms with Crippen molar-refractivity contribution in [3.63, 3.8) is 0 Å². The predicted octanol–water partition coefficient (Wildman–Crippen LogP) is 2.30. The molecular weight excluding hydrogens is 274 g/mol. The molecule has 0 aliphatic heterocycles. The number of carbonyl (C=O) groups is 1. The summed E-state index contributed by atoms with van der Waals surface area (Å²) in [5.74, 6) is -1.60. The van der Waals surface area contributed by atoms with Gasteiger partial charge in [0.1, 0.15) is 0 Å². The van der Waals surface area contributed by atoms with Gasteiger partial charge in [-0.1, -0.05) is 11.6 Å². The number of rotatable bonds is 4. The van der Waals surface area contributed by atoms with E-state index in [-0.39, 0.29) is 10.6 Å². The molecule has 6 nitrogen and oxygen atoms in total. The average molecular weight is 281 g/mol. The molecule has 0 aromatic carbocycles. The molecule has 0 atom stereocenters. The summed E-state index contributed by atoms with van der Waals surface area (Å²) in [6.45, 7) is 0. The molecule has 9 heteroatoms. The fourth-order valence-corrected chi connectivity index (χ4v) is 1.47. The minimum absolute atomic E-state index is 0.274. The normalized spacial score (nSPS) is 10.5. The Balaban J connectivity index is 3.31. The molecule has 0 amide bonds. The van der Waals surface area contributed by atoms with E-state index in [9.17, 15) is 23.7 Å². The number of ether oxygens (including phenoxy) is 1. The van der Waals surface area contributed by atoms with E-state index in [1.54, 1.807) is 0 Å². The van der Waals surface area contributed by atoms with Crippen molar-refractivity contribution in [3.05, 3.63) is 32.5 Å². The first-order valence-electron chi connectivity index (χ1n) is 4.55. The van der Waals surface area contributed by atoms with Crippen LogP contribution in [-0.4, -0.2) is 23.0 Å². The van der Waals surface area contributed by atoms with Crippen LogP contribution < -0.4 is 0 Å². The molecule has 0 saturated carbocycles. The molecule has 98 valence electrons. The number of aromatic nitrogens is 1.